The molecule has 0 amide bonds. The number of anilines is 1. The van der Waals surface area contributed by atoms with Crippen LogP contribution in [0.4, 0.5) is 5.13 Å². The highest BCUT2D eigenvalue weighted by Crippen LogP contribution is 2.29. The molecular weight excluding hydrogens is 296 g/mol. The third kappa shape index (κ3) is 2.76. The number of nitrogens with zero attached hydrogens (tertiary/aromatic N) is 1. The minimum absolute atomic E-state index is 0.730. The van der Waals surface area contributed by atoms with E-state index in [1.165, 1.54) is 15.3 Å². The molecule has 0 bridgehead atoms. The van der Waals surface area contributed by atoms with Crippen molar-refractivity contribution in [2.75, 3.05) is 5.32 Å². The minimum atomic E-state index is 0.730. The number of thiophene rings is 1. The van der Waals surface area contributed by atoms with E-state index >= 15 is 0 Å². The largest absolute Gasteiger partial charge is 0.357 e. The smallest absolute Gasteiger partial charge is 0.184 e. The molecule has 0 aliphatic carbocycles. The normalized spacial score (nSPS) is 11.1. The molecule has 2 nitrogen and oxygen atoms in total. The molecule has 3 rings (SSSR count). The predicted octanol–water partition coefficient (Wildman–Crippen LogP) is 5.24. The summed E-state index contributed by atoms with van der Waals surface area (Å²) < 4.78 is 1.16. The number of fused-ring (bicyclic) bond motifs is 1. The third-order valence-electron chi connectivity index (χ3n) is 2.98. The van der Waals surface area contributed by atoms with Crippen LogP contribution in [0.2, 0.25) is 5.02 Å². The maximum absolute atomic E-state index is 5.97. The summed E-state index contributed by atoms with van der Waals surface area (Å²) >= 11 is 9.46. The highest BCUT2D eigenvalue weighted by molar-refractivity contribution is 7.22. The number of rotatable bonds is 3. The Morgan fingerprint density at radius 2 is 2.05 bits per heavy atom. The molecule has 3 aromatic rings. The molecule has 0 aliphatic heterocycles. The van der Waals surface area contributed by atoms with Crippen molar-refractivity contribution in [3.8, 4) is 0 Å². The average Bonchev–Trinajstić information content (AvgIpc) is 2.90. The lowest BCUT2D eigenvalue weighted by molar-refractivity contribution is 1.17. The van der Waals surface area contributed by atoms with Gasteiger partial charge in [-0.3, -0.25) is 0 Å². The Kier molecular flexibility index (Phi) is 3.48. The Labute approximate surface area is 125 Å². The van der Waals surface area contributed by atoms with Crippen LogP contribution < -0.4 is 5.32 Å². The molecule has 0 radical (unpaired) electrons. The first-order valence-corrected chi connectivity index (χ1v) is 7.99. The summed E-state index contributed by atoms with van der Waals surface area (Å²) in [6.07, 6.45) is 0. The van der Waals surface area contributed by atoms with Gasteiger partial charge in [-0.25, -0.2) is 4.98 Å². The Balaban J connectivity index is 1.78. The molecule has 0 saturated heterocycles. The third-order valence-corrected chi connectivity index (χ3v) is 5.36. The van der Waals surface area contributed by atoms with Crippen LogP contribution in [0.25, 0.3) is 10.2 Å². The zero-order valence-corrected chi connectivity index (χ0v) is 13.0. The zero-order valence-electron chi connectivity index (χ0n) is 10.7. The van der Waals surface area contributed by atoms with Crippen LogP contribution in [-0.2, 0) is 6.54 Å². The Morgan fingerprint density at radius 1 is 1.21 bits per heavy atom. The number of benzene rings is 1. The van der Waals surface area contributed by atoms with Crippen molar-refractivity contribution in [1.82, 2.24) is 4.98 Å². The Hall–Kier alpha value is -1.10. The minimum Gasteiger partial charge on any atom is -0.357 e. The second-order valence-corrected chi connectivity index (χ2v) is 7.24. The lowest BCUT2D eigenvalue weighted by atomic mass is 10.3. The Morgan fingerprint density at radius 3 is 2.79 bits per heavy atom. The van der Waals surface area contributed by atoms with Gasteiger partial charge in [-0.1, -0.05) is 22.9 Å². The first-order chi connectivity index (χ1) is 9.11. The number of aryl methyl sites for hydroxylation is 2. The summed E-state index contributed by atoms with van der Waals surface area (Å²) in [4.78, 5) is 7.27. The van der Waals surface area contributed by atoms with E-state index in [-0.39, 0.29) is 0 Å². The van der Waals surface area contributed by atoms with Crippen LogP contribution in [0.5, 0.6) is 0 Å². The fourth-order valence-corrected chi connectivity index (χ4v) is 3.88. The highest BCUT2D eigenvalue weighted by Gasteiger charge is 2.06. The number of nitrogens with one attached hydrogen (secondary N) is 1. The van der Waals surface area contributed by atoms with Crippen LogP contribution >= 0.6 is 34.3 Å². The number of hydrogen-bond acceptors (Lipinski definition) is 4. The van der Waals surface area contributed by atoms with Crippen molar-refractivity contribution in [3.05, 3.63) is 44.6 Å². The molecule has 0 atom stereocenters. The van der Waals surface area contributed by atoms with Crippen molar-refractivity contribution in [1.29, 1.82) is 0 Å². The maximum atomic E-state index is 5.97. The summed E-state index contributed by atoms with van der Waals surface area (Å²) in [5, 5.41) is 5.06. The average molecular weight is 309 g/mol. The van der Waals surface area contributed by atoms with E-state index in [1.54, 1.807) is 11.3 Å². The van der Waals surface area contributed by atoms with Gasteiger partial charge in [-0.2, -0.15) is 0 Å². The summed E-state index contributed by atoms with van der Waals surface area (Å²) in [6.45, 7) is 5.13. The molecule has 0 aliphatic rings. The standard InChI is InChI=1S/C14H13ClN2S2/c1-8-5-11(18-9(8)2)7-16-14-17-12-6-10(15)3-4-13(12)19-14/h3-6H,7H2,1-2H3,(H,16,17). The van der Waals surface area contributed by atoms with Gasteiger partial charge in [0.2, 0.25) is 0 Å². The van der Waals surface area contributed by atoms with Gasteiger partial charge in [-0.05, 0) is 43.7 Å². The molecule has 0 saturated carbocycles. The fraction of sp³-hybridized carbons (Fsp3) is 0.214. The number of halogens is 1. The SMILES string of the molecule is Cc1cc(CNc2nc3cc(Cl)ccc3s2)sc1C. The van der Waals surface area contributed by atoms with Crippen molar-refractivity contribution in [2.24, 2.45) is 0 Å². The van der Waals surface area contributed by atoms with E-state index in [0.717, 1.165) is 26.9 Å². The van der Waals surface area contributed by atoms with Gasteiger partial charge in [0.25, 0.3) is 0 Å². The molecule has 0 fully saturated rings. The van der Waals surface area contributed by atoms with Gasteiger partial charge in [0.1, 0.15) is 0 Å². The predicted molar refractivity (Wildman–Crippen MR) is 85.7 cm³/mol. The first-order valence-electron chi connectivity index (χ1n) is 5.98. The monoisotopic (exact) mass is 308 g/mol. The van der Waals surface area contributed by atoms with E-state index < -0.39 is 0 Å². The molecule has 2 heterocycles. The van der Waals surface area contributed by atoms with E-state index in [2.05, 4.69) is 30.2 Å². The van der Waals surface area contributed by atoms with Crippen LogP contribution in [0, 0.1) is 13.8 Å². The van der Waals surface area contributed by atoms with Crippen LogP contribution in [0.15, 0.2) is 24.3 Å². The van der Waals surface area contributed by atoms with Crippen LogP contribution in [0.3, 0.4) is 0 Å². The van der Waals surface area contributed by atoms with Crippen molar-refractivity contribution < 1.29 is 0 Å². The van der Waals surface area contributed by atoms with E-state index in [4.69, 9.17) is 11.6 Å². The number of hydrogen-bond donors (Lipinski definition) is 1. The number of aromatic nitrogens is 1. The fourth-order valence-electron chi connectivity index (χ4n) is 1.88. The van der Waals surface area contributed by atoms with E-state index in [1.807, 2.05) is 29.5 Å². The lowest BCUT2D eigenvalue weighted by Crippen LogP contribution is -1.96. The molecule has 1 aromatic carbocycles. The molecule has 0 unspecified atom stereocenters. The Bertz CT molecular complexity index is 711. The molecule has 98 valence electrons. The topological polar surface area (TPSA) is 24.9 Å². The van der Waals surface area contributed by atoms with Gasteiger partial charge in [0.05, 0.1) is 16.8 Å². The highest BCUT2D eigenvalue weighted by atomic mass is 35.5. The first kappa shape index (κ1) is 12.9. The molecule has 5 heteroatoms. The summed E-state index contributed by atoms with van der Waals surface area (Å²) in [7, 11) is 0. The molecule has 2 aromatic heterocycles. The van der Waals surface area contributed by atoms with Gasteiger partial charge in [0.15, 0.2) is 5.13 Å². The summed E-state index contributed by atoms with van der Waals surface area (Å²) in [5.41, 5.74) is 2.32. The second kappa shape index (κ2) is 5.12. The summed E-state index contributed by atoms with van der Waals surface area (Å²) in [5.74, 6) is 0. The summed E-state index contributed by atoms with van der Waals surface area (Å²) in [6, 6.07) is 8.05. The van der Waals surface area contributed by atoms with Crippen molar-refractivity contribution in [2.45, 2.75) is 20.4 Å². The van der Waals surface area contributed by atoms with E-state index in [9.17, 15) is 0 Å². The quantitative estimate of drug-likeness (QED) is 0.715. The molecule has 19 heavy (non-hydrogen) atoms. The van der Waals surface area contributed by atoms with Gasteiger partial charge in [-0.15, -0.1) is 11.3 Å². The van der Waals surface area contributed by atoms with Gasteiger partial charge in [0, 0.05) is 14.8 Å². The maximum Gasteiger partial charge on any atom is 0.184 e. The van der Waals surface area contributed by atoms with Gasteiger partial charge < -0.3 is 5.32 Å². The zero-order chi connectivity index (χ0) is 13.4. The molecule has 0 spiro atoms. The van der Waals surface area contributed by atoms with Crippen LogP contribution in [0.1, 0.15) is 15.3 Å². The van der Waals surface area contributed by atoms with Crippen molar-refractivity contribution >= 4 is 49.6 Å². The van der Waals surface area contributed by atoms with Crippen LogP contribution in [-0.4, -0.2) is 4.98 Å². The molecule has 1 N–H and O–H groups in total. The lowest BCUT2D eigenvalue weighted by Gasteiger charge is -1.98. The van der Waals surface area contributed by atoms with E-state index in [0.29, 0.717) is 0 Å². The van der Waals surface area contributed by atoms with Gasteiger partial charge >= 0.3 is 0 Å². The van der Waals surface area contributed by atoms with Crippen molar-refractivity contribution in [3.63, 3.8) is 0 Å². The molecular formula is C14H13ClN2S2. The number of thiazole rings is 1. The second-order valence-electron chi connectivity index (χ2n) is 4.44.